The first-order chi connectivity index (χ1) is 7.94. The average Bonchev–Trinajstić information content (AvgIpc) is 2.52. The summed E-state index contributed by atoms with van der Waals surface area (Å²) in [5, 5.41) is 9.43. The summed E-state index contributed by atoms with van der Waals surface area (Å²) in [5.74, 6) is 0.113. The molecule has 2 nitrogen and oxygen atoms in total. The van der Waals surface area contributed by atoms with Crippen molar-refractivity contribution in [2.45, 2.75) is 40.5 Å². The van der Waals surface area contributed by atoms with E-state index in [0.717, 1.165) is 23.1 Å². The van der Waals surface area contributed by atoms with Gasteiger partial charge in [-0.2, -0.15) is 0 Å². The Labute approximate surface area is 103 Å². The fourth-order valence-corrected chi connectivity index (χ4v) is 3.04. The van der Waals surface area contributed by atoms with Gasteiger partial charge in [-0.05, 0) is 55.9 Å². The van der Waals surface area contributed by atoms with Crippen molar-refractivity contribution in [2.24, 2.45) is 5.41 Å². The molecule has 1 aliphatic carbocycles. The number of hydrogen-bond donors (Lipinski definition) is 1. The summed E-state index contributed by atoms with van der Waals surface area (Å²) in [4.78, 5) is 12.4. The molecule has 92 valence electrons. The minimum atomic E-state index is -0.605. The molecule has 1 aromatic carbocycles. The normalized spacial score (nSPS) is 23.0. The lowest BCUT2D eigenvalue weighted by Crippen LogP contribution is -2.28. The van der Waals surface area contributed by atoms with Gasteiger partial charge in [0.05, 0.1) is 12.0 Å². The quantitative estimate of drug-likeness (QED) is 0.851. The molecule has 0 amide bonds. The maximum absolute atomic E-state index is 12.4. The lowest BCUT2D eigenvalue weighted by atomic mass is 9.86. The van der Waals surface area contributed by atoms with Crippen LogP contribution in [-0.4, -0.2) is 17.5 Å². The maximum atomic E-state index is 12.4. The Balaban J connectivity index is 2.65. The molecule has 0 saturated heterocycles. The summed E-state index contributed by atoms with van der Waals surface area (Å²) < 4.78 is 0. The number of benzene rings is 1. The van der Waals surface area contributed by atoms with Gasteiger partial charge in [0, 0.05) is 5.56 Å². The lowest BCUT2D eigenvalue weighted by molar-refractivity contribution is 0.0722. The SMILES string of the molecule is CCc1c(C)cc2c(c1C)C(=O)C(C)(CO)C2. The van der Waals surface area contributed by atoms with Crippen molar-refractivity contribution in [3.8, 4) is 0 Å². The molecule has 0 aromatic heterocycles. The third-order valence-electron chi connectivity index (χ3n) is 4.07. The van der Waals surface area contributed by atoms with Gasteiger partial charge in [0.15, 0.2) is 5.78 Å². The van der Waals surface area contributed by atoms with Crippen LogP contribution < -0.4 is 0 Å². The Morgan fingerprint density at radius 3 is 2.59 bits per heavy atom. The average molecular weight is 232 g/mol. The number of carbonyl (C=O) groups is 1. The van der Waals surface area contributed by atoms with Crippen LogP contribution in [0.15, 0.2) is 6.07 Å². The molecule has 1 aliphatic rings. The van der Waals surface area contributed by atoms with Gasteiger partial charge < -0.3 is 5.11 Å². The second kappa shape index (κ2) is 3.95. The largest absolute Gasteiger partial charge is 0.395 e. The molecular weight excluding hydrogens is 212 g/mol. The van der Waals surface area contributed by atoms with Gasteiger partial charge in [-0.25, -0.2) is 0 Å². The standard InChI is InChI=1S/C15H20O2/c1-5-12-9(2)6-11-7-15(4,8-16)14(17)13(11)10(12)3/h6,16H,5,7-8H2,1-4H3. The van der Waals surface area contributed by atoms with E-state index in [9.17, 15) is 9.90 Å². The van der Waals surface area contributed by atoms with Crippen LogP contribution in [0.1, 0.15) is 46.5 Å². The van der Waals surface area contributed by atoms with Gasteiger partial charge in [-0.15, -0.1) is 0 Å². The molecule has 2 rings (SSSR count). The second-order valence-corrected chi connectivity index (χ2v) is 5.41. The number of aryl methyl sites for hydroxylation is 1. The summed E-state index contributed by atoms with van der Waals surface area (Å²) >= 11 is 0. The summed E-state index contributed by atoms with van der Waals surface area (Å²) in [6.07, 6.45) is 1.62. The molecule has 0 heterocycles. The zero-order valence-electron chi connectivity index (χ0n) is 11.1. The molecule has 0 saturated carbocycles. The molecular formula is C15H20O2. The third kappa shape index (κ3) is 1.62. The summed E-state index contributed by atoms with van der Waals surface area (Å²) in [6, 6.07) is 2.12. The molecule has 1 N–H and O–H groups in total. The van der Waals surface area contributed by atoms with Gasteiger partial charge in [-0.1, -0.05) is 13.0 Å². The fourth-order valence-electron chi connectivity index (χ4n) is 3.04. The highest BCUT2D eigenvalue weighted by atomic mass is 16.3. The molecule has 2 heteroatoms. The van der Waals surface area contributed by atoms with E-state index in [4.69, 9.17) is 0 Å². The number of carbonyl (C=O) groups excluding carboxylic acids is 1. The van der Waals surface area contributed by atoms with Crippen LogP contribution in [0.2, 0.25) is 0 Å². The zero-order valence-corrected chi connectivity index (χ0v) is 11.1. The molecule has 1 unspecified atom stereocenters. The Kier molecular flexibility index (Phi) is 2.86. The van der Waals surface area contributed by atoms with Crippen molar-refractivity contribution in [3.05, 3.63) is 33.9 Å². The first kappa shape index (κ1) is 12.3. The van der Waals surface area contributed by atoms with Gasteiger partial charge in [0.1, 0.15) is 0 Å². The number of hydrogen-bond acceptors (Lipinski definition) is 2. The van der Waals surface area contributed by atoms with E-state index < -0.39 is 5.41 Å². The van der Waals surface area contributed by atoms with Crippen LogP contribution >= 0.6 is 0 Å². The van der Waals surface area contributed by atoms with Crippen molar-refractivity contribution in [1.82, 2.24) is 0 Å². The molecule has 0 spiro atoms. The first-order valence-corrected chi connectivity index (χ1v) is 6.22. The number of fused-ring (bicyclic) bond motifs is 1. The maximum Gasteiger partial charge on any atom is 0.171 e. The van der Waals surface area contributed by atoms with E-state index in [0.29, 0.717) is 6.42 Å². The topological polar surface area (TPSA) is 37.3 Å². The van der Waals surface area contributed by atoms with Crippen molar-refractivity contribution >= 4 is 5.78 Å². The summed E-state index contributed by atoms with van der Waals surface area (Å²) in [6.45, 7) is 8.04. The van der Waals surface area contributed by atoms with E-state index in [1.165, 1.54) is 11.1 Å². The van der Waals surface area contributed by atoms with Crippen molar-refractivity contribution in [2.75, 3.05) is 6.61 Å². The smallest absolute Gasteiger partial charge is 0.171 e. The minimum absolute atomic E-state index is 0.0690. The Morgan fingerprint density at radius 1 is 1.41 bits per heavy atom. The highest BCUT2D eigenvalue weighted by Gasteiger charge is 2.42. The second-order valence-electron chi connectivity index (χ2n) is 5.41. The van der Waals surface area contributed by atoms with E-state index in [2.05, 4.69) is 19.9 Å². The van der Waals surface area contributed by atoms with Gasteiger partial charge in [0.2, 0.25) is 0 Å². The van der Waals surface area contributed by atoms with Crippen LogP contribution in [0.4, 0.5) is 0 Å². The Bertz CT molecular complexity index is 488. The van der Waals surface area contributed by atoms with E-state index in [-0.39, 0.29) is 12.4 Å². The van der Waals surface area contributed by atoms with E-state index in [1.807, 2.05) is 13.8 Å². The predicted molar refractivity (Wildman–Crippen MR) is 68.5 cm³/mol. The van der Waals surface area contributed by atoms with Crippen molar-refractivity contribution < 1.29 is 9.90 Å². The number of Topliss-reactive ketones (excluding diaryl/α,β-unsaturated/α-hetero) is 1. The summed E-state index contributed by atoms with van der Waals surface area (Å²) in [7, 11) is 0. The first-order valence-electron chi connectivity index (χ1n) is 6.22. The Hall–Kier alpha value is -1.15. The molecule has 0 fully saturated rings. The fraction of sp³-hybridized carbons (Fsp3) is 0.533. The highest BCUT2D eigenvalue weighted by Crippen LogP contribution is 2.39. The number of rotatable bonds is 2. The van der Waals surface area contributed by atoms with E-state index in [1.54, 1.807) is 0 Å². The van der Waals surface area contributed by atoms with Crippen LogP contribution in [0.25, 0.3) is 0 Å². The molecule has 0 bridgehead atoms. The number of ketones is 1. The molecule has 0 radical (unpaired) electrons. The number of aliphatic hydroxyl groups is 1. The molecule has 17 heavy (non-hydrogen) atoms. The van der Waals surface area contributed by atoms with Crippen LogP contribution in [0.5, 0.6) is 0 Å². The molecule has 1 aromatic rings. The number of aliphatic hydroxyl groups excluding tert-OH is 1. The monoisotopic (exact) mass is 232 g/mol. The zero-order chi connectivity index (χ0) is 12.8. The van der Waals surface area contributed by atoms with Gasteiger partial charge in [0.25, 0.3) is 0 Å². The molecule has 0 aliphatic heterocycles. The van der Waals surface area contributed by atoms with Crippen LogP contribution in [0, 0.1) is 19.3 Å². The third-order valence-corrected chi connectivity index (χ3v) is 4.07. The summed E-state index contributed by atoms with van der Waals surface area (Å²) in [5.41, 5.74) is 5.02. The van der Waals surface area contributed by atoms with Crippen molar-refractivity contribution in [1.29, 1.82) is 0 Å². The lowest BCUT2D eigenvalue weighted by Gasteiger charge is -2.17. The van der Waals surface area contributed by atoms with Gasteiger partial charge >= 0.3 is 0 Å². The highest BCUT2D eigenvalue weighted by molar-refractivity contribution is 6.06. The van der Waals surface area contributed by atoms with E-state index >= 15 is 0 Å². The Morgan fingerprint density at radius 2 is 2.06 bits per heavy atom. The van der Waals surface area contributed by atoms with Crippen LogP contribution in [0.3, 0.4) is 0 Å². The van der Waals surface area contributed by atoms with Gasteiger partial charge in [-0.3, -0.25) is 4.79 Å². The van der Waals surface area contributed by atoms with Crippen molar-refractivity contribution in [3.63, 3.8) is 0 Å². The van der Waals surface area contributed by atoms with Crippen LogP contribution in [-0.2, 0) is 12.8 Å². The molecule has 1 atom stereocenters. The minimum Gasteiger partial charge on any atom is -0.395 e. The predicted octanol–water partition coefficient (Wildman–Crippen LogP) is 2.60.